The standard InChI is InChI=1S/C21H15N3O2/c25-21(13-12-19-7-4-14-26-19)17-8-10-18(11-9-17)24-20(15-22-23-24)16-5-2-1-3-6-16/h1-15H. The van der Waals surface area contributed by atoms with Crippen molar-refractivity contribution in [2.75, 3.05) is 0 Å². The monoisotopic (exact) mass is 341 g/mol. The van der Waals surface area contributed by atoms with E-state index in [0.29, 0.717) is 11.3 Å². The number of nitrogens with zero attached hydrogens (tertiary/aromatic N) is 3. The van der Waals surface area contributed by atoms with Crippen molar-refractivity contribution in [2.24, 2.45) is 0 Å². The van der Waals surface area contributed by atoms with Crippen molar-refractivity contribution in [3.8, 4) is 16.9 Å². The van der Waals surface area contributed by atoms with Gasteiger partial charge in [0.05, 0.1) is 23.8 Å². The SMILES string of the molecule is O=C(C=Cc1ccco1)c1ccc(-n2nncc2-c2ccccc2)cc1. The third-order valence-electron chi connectivity index (χ3n) is 3.96. The molecule has 2 aromatic carbocycles. The fourth-order valence-corrected chi connectivity index (χ4v) is 2.64. The van der Waals surface area contributed by atoms with E-state index in [2.05, 4.69) is 10.3 Å². The molecule has 126 valence electrons. The van der Waals surface area contributed by atoms with Crippen molar-refractivity contribution in [1.82, 2.24) is 15.0 Å². The van der Waals surface area contributed by atoms with Crippen LogP contribution in [-0.4, -0.2) is 20.8 Å². The van der Waals surface area contributed by atoms with Gasteiger partial charge in [0.2, 0.25) is 0 Å². The molecule has 0 atom stereocenters. The maximum atomic E-state index is 12.3. The smallest absolute Gasteiger partial charge is 0.185 e. The highest BCUT2D eigenvalue weighted by molar-refractivity contribution is 6.06. The molecule has 0 N–H and O–H groups in total. The van der Waals surface area contributed by atoms with Gasteiger partial charge in [-0.3, -0.25) is 4.79 Å². The molecule has 2 heterocycles. The quantitative estimate of drug-likeness (QED) is 0.398. The number of aromatic nitrogens is 3. The number of rotatable bonds is 5. The van der Waals surface area contributed by atoms with E-state index in [1.165, 1.54) is 6.08 Å². The molecule has 0 aliphatic heterocycles. The van der Waals surface area contributed by atoms with Crippen molar-refractivity contribution in [1.29, 1.82) is 0 Å². The van der Waals surface area contributed by atoms with E-state index in [-0.39, 0.29) is 5.78 Å². The Labute approximate surface area is 150 Å². The van der Waals surface area contributed by atoms with Crippen LogP contribution in [0.5, 0.6) is 0 Å². The van der Waals surface area contributed by atoms with Gasteiger partial charge >= 0.3 is 0 Å². The number of furan rings is 1. The van der Waals surface area contributed by atoms with E-state index in [1.54, 1.807) is 47.5 Å². The van der Waals surface area contributed by atoms with Crippen LogP contribution < -0.4 is 0 Å². The van der Waals surface area contributed by atoms with Gasteiger partial charge in [0.25, 0.3) is 0 Å². The van der Waals surface area contributed by atoms with Crippen LogP contribution in [0.1, 0.15) is 16.1 Å². The largest absolute Gasteiger partial charge is 0.465 e. The van der Waals surface area contributed by atoms with Crippen LogP contribution in [-0.2, 0) is 0 Å². The van der Waals surface area contributed by atoms with Crippen molar-refractivity contribution >= 4 is 11.9 Å². The van der Waals surface area contributed by atoms with Crippen molar-refractivity contribution in [3.05, 3.63) is 96.6 Å². The Hall–Kier alpha value is -3.73. The topological polar surface area (TPSA) is 60.9 Å². The van der Waals surface area contributed by atoms with Gasteiger partial charge in [0, 0.05) is 11.1 Å². The number of hydrogen-bond donors (Lipinski definition) is 0. The van der Waals surface area contributed by atoms with Gasteiger partial charge < -0.3 is 4.42 Å². The lowest BCUT2D eigenvalue weighted by atomic mass is 10.1. The Bertz CT molecular complexity index is 1030. The van der Waals surface area contributed by atoms with Crippen molar-refractivity contribution in [2.45, 2.75) is 0 Å². The van der Waals surface area contributed by atoms with Crippen LogP contribution in [0.2, 0.25) is 0 Å². The Morgan fingerprint density at radius 2 is 1.77 bits per heavy atom. The number of carbonyl (C=O) groups excluding carboxylic acids is 1. The first-order chi connectivity index (χ1) is 12.8. The highest BCUT2D eigenvalue weighted by Crippen LogP contribution is 2.21. The zero-order valence-electron chi connectivity index (χ0n) is 13.8. The van der Waals surface area contributed by atoms with E-state index in [9.17, 15) is 4.79 Å². The molecule has 4 aromatic rings. The van der Waals surface area contributed by atoms with Crippen molar-refractivity contribution < 1.29 is 9.21 Å². The van der Waals surface area contributed by atoms with Crippen LogP contribution >= 0.6 is 0 Å². The molecule has 0 saturated heterocycles. The summed E-state index contributed by atoms with van der Waals surface area (Å²) in [4.78, 5) is 12.3. The molecule has 0 aliphatic carbocycles. The molecular formula is C21H15N3O2. The first kappa shape index (κ1) is 15.8. The average Bonchev–Trinajstić information content (AvgIpc) is 3.39. The predicted octanol–water partition coefficient (Wildman–Crippen LogP) is 4.42. The minimum atomic E-state index is -0.0881. The summed E-state index contributed by atoms with van der Waals surface area (Å²) in [5, 5.41) is 8.18. The van der Waals surface area contributed by atoms with Gasteiger partial charge in [0.15, 0.2) is 5.78 Å². The van der Waals surface area contributed by atoms with E-state index < -0.39 is 0 Å². The lowest BCUT2D eigenvalue weighted by molar-refractivity contribution is 0.104. The Balaban J connectivity index is 1.57. The first-order valence-corrected chi connectivity index (χ1v) is 8.14. The maximum Gasteiger partial charge on any atom is 0.185 e. The van der Waals surface area contributed by atoms with E-state index in [4.69, 9.17) is 4.42 Å². The van der Waals surface area contributed by atoms with Gasteiger partial charge in [-0.05, 0) is 48.6 Å². The molecule has 0 amide bonds. The van der Waals surface area contributed by atoms with Crippen LogP contribution in [0.15, 0.2) is 89.7 Å². The number of carbonyl (C=O) groups is 1. The molecule has 2 aromatic heterocycles. The third-order valence-corrected chi connectivity index (χ3v) is 3.96. The second-order valence-corrected chi connectivity index (χ2v) is 5.66. The predicted molar refractivity (Wildman–Crippen MR) is 98.9 cm³/mol. The second-order valence-electron chi connectivity index (χ2n) is 5.66. The summed E-state index contributed by atoms with van der Waals surface area (Å²) >= 11 is 0. The Morgan fingerprint density at radius 1 is 0.962 bits per heavy atom. The highest BCUT2D eigenvalue weighted by Gasteiger charge is 2.09. The summed E-state index contributed by atoms with van der Waals surface area (Å²) in [6, 6.07) is 20.8. The summed E-state index contributed by atoms with van der Waals surface area (Å²) in [6.07, 6.45) is 6.45. The molecule has 0 aliphatic rings. The molecule has 0 fully saturated rings. The van der Waals surface area contributed by atoms with Crippen LogP contribution in [0, 0.1) is 0 Å². The van der Waals surface area contributed by atoms with Gasteiger partial charge in [-0.15, -0.1) is 5.10 Å². The zero-order chi connectivity index (χ0) is 17.8. The van der Waals surface area contributed by atoms with E-state index >= 15 is 0 Å². The van der Waals surface area contributed by atoms with Crippen LogP contribution in [0.4, 0.5) is 0 Å². The van der Waals surface area contributed by atoms with Crippen molar-refractivity contribution in [3.63, 3.8) is 0 Å². The fraction of sp³-hybridized carbons (Fsp3) is 0. The van der Waals surface area contributed by atoms with Gasteiger partial charge in [-0.1, -0.05) is 35.5 Å². The lowest BCUT2D eigenvalue weighted by Crippen LogP contribution is -2.01. The summed E-state index contributed by atoms with van der Waals surface area (Å²) in [5.74, 6) is 0.555. The molecule has 0 unspecified atom stereocenters. The molecule has 5 heteroatoms. The summed E-state index contributed by atoms with van der Waals surface area (Å²) in [6.45, 7) is 0. The third kappa shape index (κ3) is 3.23. The average molecular weight is 341 g/mol. The van der Waals surface area contributed by atoms with Gasteiger partial charge in [0.1, 0.15) is 5.76 Å². The molecule has 4 rings (SSSR count). The van der Waals surface area contributed by atoms with E-state index in [1.807, 2.05) is 42.5 Å². The second kappa shape index (κ2) is 7.03. The summed E-state index contributed by atoms with van der Waals surface area (Å²) in [5.41, 5.74) is 3.35. The lowest BCUT2D eigenvalue weighted by Gasteiger charge is -2.06. The number of allylic oxidation sites excluding steroid dienone is 1. The molecule has 0 radical (unpaired) electrons. The summed E-state index contributed by atoms with van der Waals surface area (Å²) < 4.78 is 6.94. The normalized spacial score (nSPS) is 11.1. The molecule has 0 spiro atoms. The molecule has 5 nitrogen and oxygen atoms in total. The molecule has 0 saturated carbocycles. The number of hydrogen-bond acceptors (Lipinski definition) is 4. The molecular weight excluding hydrogens is 326 g/mol. The molecule has 26 heavy (non-hydrogen) atoms. The zero-order valence-corrected chi connectivity index (χ0v) is 13.8. The minimum absolute atomic E-state index is 0.0881. The van der Waals surface area contributed by atoms with Crippen LogP contribution in [0.25, 0.3) is 23.0 Å². The Kier molecular flexibility index (Phi) is 4.26. The minimum Gasteiger partial charge on any atom is -0.465 e. The first-order valence-electron chi connectivity index (χ1n) is 8.14. The summed E-state index contributed by atoms with van der Waals surface area (Å²) in [7, 11) is 0. The highest BCUT2D eigenvalue weighted by atomic mass is 16.3. The molecule has 0 bridgehead atoms. The van der Waals surface area contributed by atoms with Gasteiger partial charge in [-0.2, -0.15) is 0 Å². The maximum absolute atomic E-state index is 12.3. The number of benzene rings is 2. The van der Waals surface area contributed by atoms with Crippen LogP contribution in [0.3, 0.4) is 0 Å². The van der Waals surface area contributed by atoms with Gasteiger partial charge in [-0.25, -0.2) is 4.68 Å². The number of ketones is 1. The van der Waals surface area contributed by atoms with E-state index in [0.717, 1.165) is 16.9 Å². The Morgan fingerprint density at radius 3 is 2.50 bits per heavy atom. The fourth-order valence-electron chi connectivity index (χ4n) is 2.64.